The Bertz CT molecular complexity index is 1530. The number of ether oxygens (including phenoxy) is 1. The number of benzene rings is 3. The lowest BCUT2D eigenvalue weighted by atomic mass is 10.1. The molecule has 36 heavy (non-hydrogen) atoms. The van der Waals surface area contributed by atoms with E-state index in [0.717, 1.165) is 24.5 Å². The fraction of sp³-hybridized carbons (Fsp3) is 0.125. The fourth-order valence-electron chi connectivity index (χ4n) is 3.60. The molecule has 12 heteroatoms. The van der Waals surface area contributed by atoms with E-state index in [0.29, 0.717) is 12.1 Å². The molecule has 1 amide bonds. The molecule has 0 saturated heterocycles. The Hall–Kier alpha value is -4.35. The molecule has 186 valence electrons. The third kappa shape index (κ3) is 5.16. The number of primary amides is 1. The Morgan fingerprint density at radius 3 is 2.33 bits per heavy atom. The van der Waals surface area contributed by atoms with Crippen molar-refractivity contribution in [3.8, 4) is 11.5 Å². The van der Waals surface area contributed by atoms with E-state index >= 15 is 0 Å². The predicted octanol–water partition coefficient (Wildman–Crippen LogP) is 4.70. The van der Waals surface area contributed by atoms with Gasteiger partial charge in [0, 0.05) is 17.7 Å². The van der Waals surface area contributed by atoms with Crippen molar-refractivity contribution in [1.29, 1.82) is 0 Å². The summed E-state index contributed by atoms with van der Waals surface area (Å²) in [5.74, 6) is -4.92. The molecule has 0 aliphatic carbocycles. The second kappa shape index (κ2) is 9.36. The Morgan fingerprint density at radius 2 is 1.69 bits per heavy atom. The highest BCUT2D eigenvalue weighted by atomic mass is 19.4. The minimum absolute atomic E-state index is 0.0352. The van der Waals surface area contributed by atoms with Gasteiger partial charge < -0.3 is 15.0 Å². The molecule has 0 aliphatic rings. The van der Waals surface area contributed by atoms with Crippen LogP contribution in [0.25, 0.3) is 10.9 Å². The van der Waals surface area contributed by atoms with Gasteiger partial charge in [0.25, 0.3) is 5.56 Å². The number of rotatable bonds is 6. The first-order chi connectivity index (χ1) is 16.9. The first-order valence-corrected chi connectivity index (χ1v) is 10.2. The molecule has 4 aromatic rings. The maximum atomic E-state index is 14.1. The lowest BCUT2D eigenvalue weighted by Crippen LogP contribution is -2.15. The van der Waals surface area contributed by atoms with Gasteiger partial charge in [-0.3, -0.25) is 9.59 Å². The summed E-state index contributed by atoms with van der Waals surface area (Å²) in [5, 5.41) is -0.100. The molecule has 2 N–H and O–H groups in total. The molecule has 1 heterocycles. The molecule has 0 radical (unpaired) electrons. The van der Waals surface area contributed by atoms with Crippen LogP contribution in [0, 0.1) is 17.5 Å². The van der Waals surface area contributed by atoms with Crippen LogP contribution in [-0.2, 0) is 23.9 Å². The number of alkyl halides is 3. The third-order valence-corrected chi connectivity index (χ3v) is 5.21. The molecule has 0 spiro atoms. The molecular weight excluding hydrogens is 492 g/mol. The maximum Gasteiger partial charge on any atom is 0.419 e. The first kappa shape index (κ1) is 24.8. The normalized spacial score (nSPS) is 11.6. The molecule has 3 aromatic carbocycles. The summed E-state index contributed by atoms with van der Waals surface area (Å²) in [6.45, 7) is -0.443. The highest BCUT2D eigenvalue weighted by Crippen LogP contribution is 2.39. The summed E-state index contributed by atoms with van der Waals surface area (Å²) >= 11 is 0. The quantitative estimate of drug-likeness (QED) is 0.384. The molecule has 0 fully saturated rings. The van der Waals surface area contributed by atoms with Gasteiger partial charge in [-0.1, -0.05) is 6.07 Å². The van der Waals surface area contributed by atoms with Crippen molar-refractivity contribution < 1.29 is 35.9 Å². The molecule has 6 nitrogen and oxygen atoms in total. The van der Waals surface area contributed by atoms with Crippen LogP contribution in [-0.4, -0.2) is 15.5 Å². The number of hydrogen-bond donors (Lipinski definition) is 1. The van der Waals surface area contributed by atoms with Crippen molar-refractivity contribution >= 4 is 16.8 Å². The predicted molar refractivity (Wildman–Crippen MR) is 116 cm³/mol. The zero-order chi connectivity index (χ0) is 26.2. The number of amides is 1. The van der Waals surface area contributed by atoms with E-state index in [2.05, 4.69) is 4.98 Å². The van der Waals surface area contributed by atoms with Crippen molar-refractivity contribution in [3.05, 3.63) is 99.4 Å². The summed E-state index contributed by atoms with van der Waals surface area (Å²) < 4.78 is 88.8. The van der Waals surface area contributed by atoms with Gasteiger partial charge in [-0.2, -0.15) is 18.2 Å². The van der Waals surface area contributed by atoms with Gasteiger partial charge in [0.1, 0.15) is 29.0 Å². The molecule has 0 saturated carbocycles. The van der Waals surface area contributed by atoms with Crippen LogP contribution in [0.5, 0.6) is 11.5 Å². The molecule has 4 rings (SSSR count). The van der Waals surface area contributed by atoms with Crippen LogP contribution in [0.15, 0.2) is 59.7 Å². The van der Waals surface area contributed by atoms with Crippen molar-refractivity contribution in [1.82, 2.24) is 9.55 Å². The Labute approximate surface area is 198 Å². The Kier molecular flexibility index (Phi) is 6.44. The Morgan fingerprint density at radius 1 is 1.00 bits per heavy atom. The van der Waals surface area contributed by atoms with Crippen LogP contribution < -0.4 is 16.0 Å². The smallest absolute Gasteiger partial charge is 0.419 e. The Balaban J connectivity index is 1.73. The minimum Gasteiger partial charge on any atom is -0.457 e. The van der Waals surface area contributed by atoms with E-state index in [1.54, 1.807) is 0 Å². The zero-order valence-corrected chi connectivity index (χ0v) is 18.1. The van der Waals surface area contributed by atoms with Crippen molar-refractivity contribution in [2.45, 2.75) is 19.1 Å². The molecular formula is C24H15F6N3O3. The van der Waals surface area contributed by atoms with Crippen LogP contribution in [0.2, 0.25) is 0 Å². The SMILES string of the molecule is NC(=O)Cc1ccc(Oc2ccc3c(c2)c(=O)ncn3Cc2c(F)cc(F)cc2F)c(C(F)(F)F)c1. The second-order valence-corrected chi connectivity index (χ2v) is 7.78. The number of hydrogen-bond acceptors (Lipinski definition) is 4. The third-order valence-electron chi connectivity index (χ3n) is 5.21. The number of halogens is 6. The van der Waals surface area contributed by atoms with Gasteiger partial charge in [0.15, 0.2) is 0 Å². The van der Waals surface area contributed by atoms with E-state index in [1.807, 2.05) is 0 Å². The minimum atomic E-state index is -4.82. The summed E-state index contributed by atoms with van der Waals surface area (Å²) in [6.07, 6.45) is -4.19. The van der Waals surface area contributed by atoms with Gasteiger partial charge in [-0.15, -0.1) is 0 Å². The van der Waals surface area contributed by atoms with E-state index in [9.17, 15) is 35.9 Å². The lowest BCUT2D eigenvalue weighted by molar-refractivity contribution is -0.138. The van der Waals surface area contributed by atoms with Crippen molar-refractivity contribution in [2.75, 3.05) is 0 Å². The highest BCUT2D eigenvalue weighted by Gasteiger charge is 2.35. The average molecular weight is 507 g/mol. The standard InChI is InChI=1S/C24H15F6N3O3/c25-13-7-18(26)16(19(27)8-13)10-33-11-32-23(35)15-9-14(2-3-20(15)33)36-21-4-1-12(6-22(31)34)5-17(21)24(28,29)30/h1-5,7-9,11H,6,10H2,(H2,31,34). The van der Waals surface area contributed by atoms with Crippen LogP contribution in [0.3, 0.4) is 0 Å². The number of aromatic nitrogens is 2. The van der Waals surface area contributed by atoms with Gasteiger partial charge in [-0.05, 0) is 35.9 Å². The largest absolute Gasteiger partial charge is 0.457 e. The van der Waals surface area contributed by atoms with E-state index < -0.39 is 64.9 Å². The summed E-state index contributed by atoms with van der Waals surface area (Å²) in [5.41, 5.74) is 2.83. The van der Waals surface area contributed by atoms with Crippen LogP contribution in [0.4, 0.5) is 26.3 Å². The lowest BCUT2D eigenvalue weighted by Gasteiger charge is -2.16. The summed E-state index contributed by atoms with van der Waals surface area (Å²) in [7, 11) is 0. The molecule has 0 atom stereocenters. The average Bonchev–Trinajstić information content (AvgIpc) is 2.77. The summed E-state index contributed by atoms with van der Waals surface area (Å²) in [6, 6.07) is 7.72. The fourth-order valence-corrected chi connectivity index (χ4v) is 3.60. The maximum absolute atomic E-state index is 14.1. The van der Waals surface area contributed by atoms with Crippen LogP contribution in [0.1, 0.15) is 16.7 Å². The number of carbonyl (C=O) groups excluding carboxylic acids is 1. The number of carbonyl (C=O) groups is 1. The van der Waals surface area contributed by atoms with Gasteiger partial charge in [0.2, 0.25) is 5.91 Å². The van der Waals surface area contributed by atoms with Crippen molar-refractivity contribution in [2.24, 2.45) is 5.73 Å². The molecule has 1 aromatic heterocycles. The topological polar surface area (TPSA) is 87.2 Å². The monoisotopic (exact) mass is 507 g/mol. The first-order valence-electron chi connectivity index (χ1n) is 10.2. The summed E-state index contributed by atoms with van der Waals surface area (Å²) in [4.78, 5) is 27.0. The zero-order valence-electron chi connectivity index (χ0n) is 18.1. The van der Waals surface area contributed by atoms with E-state index in [4.69, 9.17) is 10.5 Å². The molecule has 0 unspecified atom stereocenters. The van der Waals surface area contributed by atoms with E-state index in [-0.39, 0.29) is 22.2 Å². The number of fused-ring (bicyclic) bond motifs is 1. The molecule has 0 aliphatic heterocycles. The van der Waals surface area contributed by atoms with Gasteiger partial charge in [0.05, 0.1) is 35.8 Å². The second-order valence-electron chi connectivity index (χ2n) is 7.78. The van der Waals surface area contributed by atoms with Gasteiger partial charge in [-0.25, -0.2) is 13.2 Å². The number of nitrogens with two attached hydrogens (primary N) is 1. The van der Waals surface area contributed by atoms with E-state index in [1.165, 1.54) is 22.8 Å². The van der Waals surface area contributed by atoms with Crippen molar-refractivity contribution in [3.63, 3.8) is 0 Å². The highest BCUT2D eigenvalue weighted by molar-refractivity contribution is 5.80. The van der Waals surface area contributed by atoms with Gasteiger partial charge >= 0.3 is 6.18 Å². The van der Waals surface area contributed by atoms with Crippen LogP contribution >= 0.6 is 0 Å². The molecule has 0 bridgehead atoms. The number of nitrogens with zero attached hydrogens (tertiary/aromatic N) is 2.